The van der Waals surface area contributed by atoms with Gasteiger partial charge in [0.1, 0.15) is 5.82 Å². The van der Waals surface area contributed by atoms with E-state index in [0.29, 0.717) is 22.7 Å². The molecule has 1 unspecified atom stereocenters. The highest BCUT2D eigenvalue weighted by molar-refractivity contribution is 8.00. The van der Waals surface area contributed by atoms with Crippen LogP contribution >= 0.6 is 23.4 Å². The summed E-state index contributed by atoms with van der Waals surface area (Å²) in [6.07, 6.45) is 0.432. The fourth-order valence-corrected chi connectivity index (χ4v) is 4.04. The molecule has 0 aliphatic heterocycles. The largest absolute Gasteiger partial charge is 0.324 e. The van der Waals surface area contributed by atoms with Crippen LogP contribution in [0.4, 0.5) is 10.1 Å². The van der Waals surface area contributed by atoms with Crippen LogP contribution in [0.3, 0.4) is 0 Å². The number of amides is 1. The van der Waals surface area contributed by atoms with E-state index in [9.17, 15) is 9.18 Å². The summed E-state index contributed by atoms with van der Waals surface area (Å²) in [6.45, 7) is 5.80. The van der Waals surface area contributed by atoms with E-state index in [4.69, 9.17) is 16.9 Å². The Morgan fingerprint density at radius 3 is 2.71 bits per heavy atom. The highest BCUT2D eigenvalue weighted by Gasteiger charge is 2.24. The van der Waals surface area contributed by atoms with Gasteiger partial charge in [0.2, 0.25) is 5.91 Å². The number of hydrogen-bond donors (Lipinski definition) is 2. The van der Waals surface area contributed by atoms with E-state index in [1.807, 2.05) is 45.0 Å². The highest BCUT2D eigenvalue weighted by atomic mass is 35.5. The Labute approximate surface area is 174 Å². The zero-order valence-electron chi connectivity index (χ0n) is 16.1. The molecule has 0 radical (unpaired) electrons. The van der Waals surface area contributed by atoms with Crippen molar-refractivity contribution in [3.05, 3.63) is 58.9 Å². The minimum Gasteiger partial charge on any atom is -0.324 e. The molecular formula is C21H23ClFN3OS. The first-order valence-corrected chi connectivity index (χ1v) is 10.1. The SMILES string of the molecule is CC(CC#N)Sc1ccccc1NC(=O)CNC(C)(C)c1ccc(F)cc1Cl. The number of carbonyl (C=O) groups excluding carboxylic acids is 1. The second kappa shape index (κ2) is 9.92. The fourth-order valence-electron chi connectivity index (χ4n) is 2.65. The number of nitriles is 1. The molecule has 0 aromatic heterocycles. The van der Waals surface area contributed by atoms with E-state index in [2.05, 4.69) is 16.7 Å². The molecule has 0 fully saturated rings. The molecule has 2 aromatic carbocycles. The number of thioether (sulfide) groups is 1. The summed E-state index contributed by atoms with van der Waals surface area (Å²) in [5.41, 5.74) is 0.809. The predicted octanol–water partition coefficient (Wildman–Crippen LogP) is 5.34. The third-order valence-electron chi connectivity index (χ3n) is 4.16. The molecule has 2 aromatic rings. The van der Waals surface area contributed by atoms with Crippen LogP contribution < -0.4 is 10.6 Å². The number of nitrogens with zero attached hydrogens (tertiary/aromatic N) is 1. The Bertz CT molecular complexity index is 882. The zero-order chi connectivity index (χ0) is 20.7. The number of halogens is 2. The second-order valence-electron chi connectivity index (χ2n) is 6.94. The summed E-state index contributed by atoms with van der Waals surface area (Å²) in [6, 6.07) is 13.9. The van der Waals surface area contributed by atoms with Crippen molar-refractivity contribution >= 4 is 35.0 Å². The van der Waals surface area contributed by atoms with E-state index in [-0.39, 0.29) is 17.7 Å². The maximum absolute atomic E-state index is 13.3. The van der Waals surface area contributed by atoms with E-state index in [0.717, 1.165) is 4.90 Å². The van der Waals surface area contributed by atoms with Gasteiger partial charge in [-0.25, -0.2) is 4.39 Å². The molecule has 0 spiro atoms. The predicted molar refractivity (Wildman–Crippen MR) is 113 cm³/mol. The van der Waals surface area contributed by atoms with Crippen molar-refractivity contribution in [1.29, 1.82) is 5.26 Å². The van der Waals surface area contributed by atoms with Gasteiger partial charge in [-0.2, -0.15) is 5.26 Å². The molecule has 4 nitrogen and oxygen atoms in total. The fraction of sp³-hybridized carbons (Fsp3) is 0.333. The van der Waals surface area contributed by atoms with Gasteiger partial charge >= 0.3 is 0 Å². The zero-order valence-corrected chi connectivity index (χ0v) is 17.6. The van der Waals surface area contributed by atoms with E-state index >= 15 is 0 Å². The number of nitrogens with one attached hydrogen (secondary N) is 2. The second-order valence-corrected chi connectivity index (χ2v) is 8.83. The summed E-state index contributed by atoms with van der Waals surface area (Å²) < 4.78 is 13.3. The van der Waals surface area contributed by atoms with Crippen LogP contribution in [-0.2, 0) is 10.3 Å². The molecule has 1 atom stereocenters. The first kappa shape index (κ1) is 22.2. The van der Waals surface area contributed by atoms with Crippen molar-refractivity contribution in [3.63, 3.8) is 0 Å². The van der Waals surface area contributed by atoms with Gasteiger partial charge < -0.3 is 5.32 Å². The third-order valence-corrected chi connectivity index (χ3v) is 5.66. The Morgan fingerprint density at radius 2 is 2.04 bits per heavy atom. The standard InChI is InChI=1S/C21H23ClFN3OS/c1-14(10-11-24)28-19-7-5-4-6-18(19)26-20(27)13-25-21(2,3)16-9-8-15(23)12-17(16)22/h4-9,12,14,25H,10,13H2,1-3H3,(H,26,27). The molecule has 2 N–H and O–H groups in total. The van der Waals surface area contributed by atoms with Gasteiger partial charge in [-0.05, 0) is 43.7 Å². The molecule has 0 saturated heterocycles. The van der Waals surface area contributed by atoms with Crippen LogP contribution in [0, 0.1) is 17.1 Å². The van der Waals surface area contributed by atoms with Gasteiger partial charge in [-0.15, -0.1) is 11.8 Å². The maximum Gasteiger partial charge on any atom is 0.238 e. The number of anilines is 1. The van der Waals surface area contributed by atoms with Crippen molar-refractivity contribution in [2.75, 3.05) is 11.9 Å². The molecular weight excluding hydrogens is 397 g/mol. The number of carbonyl (C=O) groups is 1. The van der Waals surface area contributed by atoms with Crippen molar-refractivity contribution in [2.45, 2.75) is 42.9 Å². The van der Waals surface area contributed by atoms with E-state index in [1.54, 1.807) is 17.8 Å². The summed E-state index contributed by atoms with van der Waals surface area (Å²) >= 11 is 7.70. The van der Waals surface area contributed by atoms with E-state index < -0.39 is 11.4 Å². The number of benzene rings is 2. The van der Waals surface area contributed by atoms with Gasteiger partial charge in [0.15, 0.2) is 0 Å². The molecule has 7 heteroatoms. The molecule has 0 heterocycles. The topological polar surface area (TPSA) is 64.9 Å². The minimum absolute atomic E-state index is 0.0630. The van der Waals surface area contributed by atoms with Crippen LogP contribution in [0.15, 0.2) is 47.4 Å². The Kier molecular flexibility index (Phi) is 7.88. The van der Waals surface area contributed by atoms with Gasteiger partial charge in [-0.1, -0.05) is 36.7 Å². The molecule has 0 bridgehead atoms. The molecule has 1 amide bonds. The molecule has 148 valence electrons. The molecule has 28 heavy (non-hydrogen) atoms. The summed E-state index contributed by atoms with van der Waals surface area (Å²) in [5, 5.41) is 15.3. The number of para-hydroxylation sites is 1. The van der Waals surface area contributed by atoms with Crippen LogP contribution in [0.25, 0.3) is 0 Å². The van der Waals surface area contributed by atoms with Crippen LogP contribution in [0.5, 0.6) is 0 Å². The lowest BCUT2D eigenvalue weighted by Crippen LogP contribution is -2.41. The van der Waals surface area contributed by atoms with Crippen molar-refractivity contribution in [2.24, 2.45) is 0 Å². The van der Waals surface area contributed by atoms with Crippen LogP contribution in [-0.4, -0.2) is 17.7 Å². The van der Waals surface area contributed by atoms with Gasteiger partial charge in [0, 0.05) is 27.1 Å². The minimum atomic E-state index is -0.613. The normalized spacial score (nSPS) is 12.3. The summed E-state index contributed by atoms with van der Waals surface area (Å²) in [4.78, 5) is 13.4. The quantitative estimate of drug-likeness (QED) is 0.567. The number of hydrogen-bond acceptors (Lipinski definition) is 4. The van der Waals surface area contributed by atoms with E-state index in [1.165, 1.54) is 12.1 Å². The van der Waals surface area contributed by atoms with Crippen LogP contribution in [0.1, 0.15) is 32.8 Å². The summed E-state index contributed by atoms with van der Waals surface area (Å²) in [5.74, 6) is -0.602. The first-order valence-electron chi connectivity index (χ1n) is 8.86. The lowest BCUT2D eigenvalue weighted by Gasteiger charge is -2.28. The molecule has 0 saturated carbocycles. The van der Waals surface area contributed by atoms with Gasteiger partial charge in [-0.3, -0.25) is 10.1 Å². The average molecular weight is 420 g/mol. The van der Waals surface area contributed by atoms with Gasteiger partial charge in [0.05, 0.1) is 18.3 Å². The molecule has 2 rings (SSSR count). The molecule has 0 aliphatic carbocycles. The van der Waals surface area contributed by atoms with Crippen molar-refractivity contribution < 1.29 is 9.18 Å². The monoisotopic (exact) mass is 419 g/mol. The smallest absolute Gasteiger partial charge is 0.238 e. The molecule has 0 aliphatic rings. The summed E-state index contributed by atoms with van der Waals surface area (Å²) in [7, 11) is 0. The maximum atomic E-state index is 13.3. The highest BCUT2D eigenvalue weighted by Crippen LogP contribution is 2.32. The lowest BCUT2D eigenvalue weighted by molar-refractivity contribution is -0.115. The Balaban J connectivity index is 2.02. The van der Waals surface area contributed by atoms with Crippen LogP contribution in [0.2, 0.25) is 5.02 Å². The van der Waals surface area contributed by atoms with Crippen molar-refractivity contribution in [1.82, 2.24) is 5.32 Å². The van der Waals surface area contributed by atoms with Gasteiger partial charge in [0.25, 0.3) is 0 Å². The lowest BCUT2D eigenvalue weighted by atomic mass is 9.94. The number of rotatable bonds is 8. The van der Waals surface area contributed by atoms with Crippen molar-refractivity contribution in [3.8, 4) is 6.07 Å². The Hall–Kier alpha value is -2.07. The average Bonchev–Trinajstić information content (AvgIpc) is 2.61. The third kappa shape index (κ3) is 6.23. The first-order chi connectivity index (χ1) is 13.2. The Morgan fingerprint density at radius 1 is 1.32 bits per heavy atom.